The molecule has 0 unspecified atom stereocenters. The second kappa shape index (κ2) is 6.47. The van der Waals surface area contributed by atoms with E-state index in [1.165, 1.54) is 0 Å². The second-order valence-corrected chi connectivity index (χ2v) is 4.11. The van der Waals surface area contributed by atoms with E-state index in [0.29, 0.717) is 23.5 Å². The van der Waals surface area contributed by atoms with E-state index in [0.717, 1.165) is 0 Å². The van der Waals surface area contributed by atoms with Crippen molar-refractivity contribution >= 4 is 17.5 Å². The summed E-state index contributed by atoms with van der Waals surface area (Å²) in [5.41, 5.74) is 1.39. The first-order chi connectivity index (χ1) is 9.70. The van der Waals surface area contributed by atoms with Crippen LogP contribution in [-0.4, -0.2) is 23.3 Å². The van der Waals surface area contributed by atoms with Gasteiger partial charge in [-0.05, 0) is 37.3 Å². The Morgan fingerprint density at radius 2 is 1.95 bits per heavy atom. The number of hydrogen-bond acceptors (Lipinski definition) is 3. The second-order valence-electron chi connectivity index (χ2n) is 4.11. The van der Waals surface area contributed by atoms with E-state index in [9.17, 15) is 9.59 Å². The van der Waals surface area contributed by atoms with E-state index < -0.39 is 0 Å². The van der Waals surface area contributed by atoms with Gasteiger partial charge in [0.2, 0.25) is 0 Å². The highest BCUT2D eigenvalue weighted by molar-refractivity contribution is 6.03. The lowest BCUT2D eigenvalue weighted by Crippen LogP contribution is -2.22. The predicted octanol–water partition coefficient (Wildman–Crippen LogP) is 2.08. The summed E-state index contributed by atoms with van der Waals surface area (Å²) < 4.78 is 0. The minimum absolute atomic E-state index is 0.165. The van der Waals surface area contributed by atoms with Gasteiger partial charge < -0.3 is 10.6 Å². The molecule has 2 N–H and O–H groups in total. The molecule has 1 heterocycles. The molecule has 102 valence electrons. The number of aromatic nitrogens is 1. The van der Waals surface area contributed by atoms with Crippen molar-refractivity contribution in [2.75, 3.05) is 11.9 Å². The number of carbonyl (C=O) groups is 2. The summed E-state index contributed by atoms with van der Waals surface area (Å²) in [6, 6.07) is 11.9. The Hall–Kier alpha value is -2.69. The first kappa shape index (κ1) is 13.7. The van der Waals surface area contributed by atoms with Gasteiger partial charge in [0, 0.05) is 24.0 Å². The molecule has 0 saturated heterocycles. The van der Waals surface area contributed by atoms with Crippen molar-refractivity contribution in [3.63, 3.8) is 0 Å². The van der Waals surface area contributed by atoms with Crippen LogP contribution in [0.5, 0.6) is 0 Å². The lowest BCUT2D eigenvalue weighted by Gasteiger charge is -2.07. The van der Waals surface area contributed by atoms with Crippen molar-refractivity contribution < 1.29 is 9.59 Å². The Morgan fingerprint density at radius 3 is 2.65 bits per heavy atom. The number of hydrogen-bond donors (Lipinski definition) is 2. The fourth-order valence-corrected chi connectivity index (χ4v) is 1.69. The van der Waals surface area contributed by atoms with Crippen LogP contribution in [0.15, 0.2) is 48.7 Å². The van der Waals surface area contributed by atoms with Crippen LogP contribution in [0.1, 0.15) is 27.8 Å². The average Bonchev–Trinajstić information content (AvgIpc) is 2.48. The van der Waals surface area contributed by atoms with Gasteiger partial charge in [-0.15, -0.1) is 0 Å². The van der Waals surface area contributed by atoms with Gasteiger partial charge in [-0.25, -0.2) is 0 Å². The fourth-order valence-electron chi connectivity index (χ4n) is 1.69. The molecule has 5 nitrogen and oxygen atoms in total. The largest absolute Gasteiger partial charge is 0.352 e. The van der Waals surface area contributed by atoms with Crippen LogP contribution in [-0.2, 0) is 0 Å². The molecule has 0 aliphatic heterocycles. The summed E-state index contributed by atoms with van der Waals surface area (Å²) in [4.78, 5) is 27.6. The van der Waals surface area contributed by atoms with Crippen molar-refractivity contribution in [1.29, 1.82) is 0 Å². The third-order valence-electron chi connectivity index (χ3n) is 2.62. The van der Waals surface area contributed by atoms with Crippen molar-refractivity contribution in [3.05, 3.63) is 59.9 Å². The normalized spacial score (nSPS) is 9.85. The smallest absolute Gasteiger partial charge is 0.274 e. The standard InChI is InChI=1S/C15H15N3O2/c1-2-16-14(19)11-6-5-7-12(10-11)18-15(20)13-8-3-4-9-17-13/h3-10H,2H2,1H3,(H,16,19)(H,18,20). The molecule has 2 aromatic rings. The lowest BCUT2D eigenvalue weighted by molar-refractivity contribution is 0.0954. The Labute approximate surface area is 117 Å². The van der Waals surface area contributed by atoms with E-state index in [-0.39, 0.29) is 11.8 Å². The van der Waals surface area contributed by atoms with Crippen molar-refractivity contribution in [3.8, 4) is 0 Å². The highest BCUT2D eigenvalue weighted by atomic mass is 16.2. The molecule has 0 fully saturated rings. The van der Waals surface area contributed by atoms with E-state index in [1.54, 1.807) is 48.7 Å². The summed E-state index contributed by atoms with van der Waals surface area (Å²) in [6.07, 6.45) is 1.56. The first-order valence-corrected chi connectivity index (χ1v) is 6.31. The molecule has 0 aliphatic rings. The minimum Gasteiger partial charge on any atom is -0.352 e. The van der Waals surface area contributed by atoms with Gasteiger partial charge >= 0.3 is 0 Å². The number of anilines is 1. The third-order valence-corrected chi connectivity index (χ3v) is 2.62. The van der Waals surface area contributed by atoms with Crippen LogP contribution in [0.25, 0.3) is 0 Å². The predicted molar refractivity (Wildman–Crippen MR) is 76.6 cm³/mol. The number of carbonyl (C=O) groups excluding carboxylic acids is 2. The van der Waals surface area contributed by atoms with Crippen molar-refractivity contribution in [2.45, 2.75) is 6.92 Å². The third kappa shape index (κ3) is 3.41. The van der Waals surface area contributed by atoms with Gasteiger partial charge in [0.15, 0.2) is 0 Å². The Kier molecular flexibility index (Phi) is 4.44. The quantitative estimate of drug-likeness (QED) is 0.892. The zero-order chi connectivity index (χ0) is 14.4. The maximum atomic E-state index is 11.9. The molecule has 1 aromatic carbocycles. The molecule has 20 heavy (non-hydrogen) atoms. The van der Waals surface area contributed by atoms with E-state index in [4.69, 9.17) is 0 Å². The number of pyridine rings is 1. The van der Waals surface area contributed by atoms with Gasteiger partial charge in [0.05, 0.1) is 0 Å². The van der Waals surface area contributed by atoms with Crippen LogP contribution in [0, 0.1) is 0 Å². The highest BCUT2D eigenvalue weighted by Crippen LogP contribution is 2.11. The maximum absolute atomic E-state index is 11.9. The fraction of sp³-hybridized carbons (Fsp3) is 0.133. The molecule has 1 aromatic heterocycles. The number of rotatable bonds is 4. The minimum atomic E-state index is -0.307. The van der Waals surface area contributed by atoms with Gasteiger partial charge in [-0.2, -0.15) is 0 Å². The summed E-state index contributed by atoms with van der Waals surface area (Å²) in [6.45, 7) is 2.41. The zero-order valence-electron chi connectivity index (χ0n) is 11.1. The Morgan fingerprint density at radius 1 is 1.10 bits per heavy atom. The molecule has 2 amide bonds. The average molecular weight is 269 g/mol. The van der Waals surface area contributed by atoms with Crippen LogP contribution >= 0.6 is 0 Å². The molecular weight excluding hydrogens is 254 g/mol. The SMILES string of the molecule is CCNC(=O)c1cccc(NC(=O)c2ccccn2)c1. The number of nitrogens with one attached hydrogen (secondary N) is 2. The Balaban J connectivity index is 2.12. The van der Waals surface area contributed by atoms with Crippen molar-refractivity contribution in [1.82, 2.24) is 10.3 Å². The lowest BCUT2D eigenvalue weighted by atomic mass is 10.2. The summed E-state index contributed by atoms with van der Waals surface area (Å²) in [5, 5.41) is 5.42. The molecule has 0 bridgehead atoms. The number of nitrogens with zero attached hydrogens (tertiary/aromatic N) is 1. The topological polar surface area (TPSA) is 71.1 Å². The van der Waals surface area contributed by atoms with Gasteiger partial charge in [0.1, 0.15) is 5.69 Å². The van der Waals surface area contributed by atoms with E-state index >= 15 is 0 Å². The molecule has 0 aliphatic carbocycles. The molecule has 0 spiro atoms. The maximum Gasteiger partial charge on any atom is 0.274 e. The van der Waals surface area contributed by atoms with Crippen LogP contribution in [0.4, 0.5) is 5.69 Å². The van der Waals surface area contributed by atoms with Crippen LogP contribution in [0.3, 0.4) is 0 Å². The summed E-state index contributed by atoms with van der Waals surface area (Å²) in [7, 11) is 0. The summed E-state index contributed by atoms with van der Waals surface area (Å²) in [5.74, 6) is -0.472. The molecule has 0 saturated carbocycles. The van der Waals surface area contributed by atoms with Crippen molar-refractivity contribution in [2.24, 2.45) is 0 Å². The van der Waals surface area contributed by atoms with E-state index in [1.807, 2.05) is 6.92 Å². The molecule has 5 heteroatoms. The first-order valence-electron chi connectivity index (χ1n) is 6.31. The molecule has 2 rings (SSSR count). The number of benzene rings is 1. The van der Waals surface area contributed by atoms with Gasteiger partial charge in [-0.3, -0.25) is 14.6 Å². The van der Waals surface area contributed by atoms with Gasteiger partial charge in [-0.1, -0.05) is 12.1 Å². The molecule has 0 radical (unpaired) electrons. The molecular formula is C15H15N3O2. The summed E-state index contributed by atoms with van der Waals surface area (Å²) >= 11 is 0. The highest BCUT2D eigenvalue weighted by Gasteiger charge is 2.09. The Bertz CT molecular complexity index is 612. The zero-order valence-corrected chi connectivity index (χ0v) is 11.1. The van der Waals surface area contributed by atoms with Gasteiger partial charge in [0.25, 0.3) is 11.8 Å². The molecule has 0 atom stereocenters. The number of amides is 2. The van der Waals surface area contributed by atoms with E-state index in [2.05, 4.69) is 15.6 Å². The van der Waals surface area contributed by atoms with Crippen LogP contribution < -0.4 is 10.6 Å². The monoisotopic (exact) mass is 269 g/mol. The van der Waals surface area contributed by atoms with Crippen LogP contribution in [0.2, 0.25) is 0 Å².